The van der Waals surface area contributed by atoms with E-state index in [1.165, 1.54) is 6.92 Å². The van der Waals surface area contributed by atoms with E-state index in [4.69, 9.17) is 0 Å². The Bertz CT molecular complexity index is 645. The Morgan fingerprint density at radius 3 is 2.52 bits per heavy atom. The van der Waals surface area contributed by atoms with Crippen molar-refractivity contribution in [2.75, 3.05) is 18.4 Å². The first-order valence-electron chi connectivity index (χ1n) is 6.66. The first kappa shape index (κ1) is 13.3. The number of aromatic nitrogens is 3. The van der Waals surface area contributed by atoms with E-state index >= 15 is 0 Å². The molecule has 2 aromatic rings. The maximum atomic E-state index is 12.3. The van der Waals surface area contributed by atoms with Crippen molar-refractivity contribution >= 4 is 17.5 Å². The zero-order chi connectivity index (χ0) is 14.8. The summed E-state index contributed by atoms with van der Waals surface area (Å²) in [6.07, 6.45) is 3.43. The van der Waals surface area contributed by atoms with Crippen molar-refractivity contribution in [3.63, 3.8) is 0 Å². The van der Waals surface area contributed by atoms with Crippen molar-refractivity contribution in [3.05, 3.63) is 42.2 Å². The standard InChI is InChI=1S/C14H15N5O2/c1-10(20)16-12-4-2-11(3-5-12)14(21)18-8-13(9-18)19-7-6-15-17-19/h2-7,13H,8-9H2,1H3,(H,16,20). The van der Waals surface area contributed by atoms with Crippen molar-refractivity contribution in [2.24, 2.45) is 0 Å². The molecule has 0 aliphatic carbocycles. The van der Waals surface area contributed by atoms with Crippen molar-refractivity contribution in [1.82, 2.24) is 19.9 Å². The number of amides is 2. The topological polar surface area (TPSA) is 80.1 Å². The van der Waals surface area contributed by atoms with Crippen LogP contribution >= 0.6 is 0 Å². The number of hydrogen-bond donors (Lipinski definition) is 1. The fourth-order valence-electron chi connectivity index (χ4n) is 2.28. The summed E-state index contributed by atoms with van der Waals surface area (Å²) in [5.74, 6) is -0.145. The van der Waals surface area contributed by atoms with Crippen LogP contribution in [0.15, 0.2) is 36.7 Å². The summed E-state index contributed by atoms with van der Waals surface area (Å²) in [4.78, 5) is 25.0. The van der Waals surface area contributed by atoms with E-state index < -0.39 is 0 Å². The highest BCUT2D eigenvalue weighted by atomic mass is 16.2. The number of carbonyl (C=O) groups is 2. The van der Waals surface area contributed by atoms with E-state index in [0.29, 0.717) is 24.3 Å². The minimum atomic E-state index is -0.132. The highest BCUT2D eigenvalue weighted by Gasteiger charge is 2.32. The van der Waals surface area contributed by atoms with Crippen molar-refractivity contribution < 1.29 is 9.59 Å². The molecule has 7 heteroatoms. The molecule has 1 aliphatic rings. The van der Waals surface area contributed by atoms with Gasteiger partial charge >= 0.3 is 0 Å². The van der Waals surface area contributed by atoms with Gasteiger partial charge in [0.25, 0.3) is 5.91 Å². The summed E-state index contributed by atoms with van der Waals surface area (Å²) in [5, 5.41) is 10.4. The molecule has 21 heavy (non-hydrogen) atoms. The molecule has 108 valence electrons. The number of anilines is 1. The van der Waals surface area contributed by atoms with Gasteiger partial charge in [-0.05, 0) is 24.3 Å². The van der Waals surface area contributed by atoms with Crippen LogP contribution in [0.3, 0.4) is 0 Å². The molecule has 2 amide bonds. The first-order valence-corrected chi connectivity index (χ1v) is 6.66. The minimum Gasteiger partial charge on any atom is -0.334 e. The Labute approximate surface area is 121 Å². The second-order valence-electron chi connectivity index (χ2n) is 5.01. The van der Waals surface area contributed by atoms with Gasteiger partial charge in [0.1, 0.15) is 0 Å². The molecule has 1 aromatic carbocycles. The second-order valence-corrected chi connectivity index (χ2v) is 5.01. The minimum absolute atomic E-state index is 0.0132. The number of nitrogens with zero attached hydrogens (tertiary/aromatic N) is 4. The summed E-state index contributed by atoms with van der Waals surface area (Å²) in [6, 6.07) is 7.09. The Kier molecular flexibility index (Phi) is 3.39. The fraction of sp³-hybridized carbons (Fsp3) is 0.286. The number of benzene rings is 1. The van der Waals surface area contributed by atoms with Gasteiger partial charge in [0.2, 0.25) is 5.91 Å². The van der Waals surface area contributed by atoms with E-state index in [0.717, 1.165) is 0 Å². The molecule has 3 rings (SSSR count). The number of hydrogen-bond acceptors (Lipinski definition) is 4. The molecule has 0 saturated carbocycles. The van der Waals surface area contributed by atoms with E-state index in [2.05, 4.69) is 15.6 Å². The Balaban J connectivity index is 1.60. The molecule has 1 fully saturated rings. The average molecular weight is 285 g/mol. The highest BCUT2D eigenvalue weighted by Crippen LogP contribution is 2.22. The third-order valence-corrected chi connectivity index (χ3v) is 3.42. The lowest BCUT2D eigenvalue weighted by Gasteiger charge is -2.38. The zero-order valence-corrected chi connectivity index (χ0v) is 11.6. The van der Waals surface area contributed by atoms with Crippen molar-refractivity contribution in [3.8, 4) is 0 Å². The van der Waals surface area contributed by atoms with Gasteiger partial charge in [0, 0.05) is 37.5 Å². The van der Waals surface area contributed by atoms with Crippen LogP contribution in [0.1, 0.15) is 23.3 Å². The van der Waals surface area contributed by atoms with Gasteiger partial charge in [-0.25, -0.2) is 4.68 Å². The fourth-order valence-corrected chi connectivity index (χ4v) is 2.28. The SMILES string of the molecule is CC(=O)Nc1ccc(C(=O)N2CC(n3ccnn3)C2)cc1. The summed E-state index contributed by atoms with van der Waals surface area (Å²) < 4.78 is 1.77. The van der Waals surface area contributed by atoms with Crippen LogP contribution in [0.2, 0.25) is 0 Å². The molecular formula is C14H15N5O2. The molecule has 1 aromatic heterocycles. The van der Waals surface area contributed by atoms with Gasteiger partial charge in [-0.3, -0.25) is 9.59 Å². The van der Waals surface area contributed by atoms with Gasteiger partial charge in [-0.15, -0.1) is 5.10 Å². The predicted molar refractivity (Wildman–Crippen MR) is 75.7 cm³/mol. The number of nitrogens with one attached hydrogen (secondary N) is 1. The van der Waals surface area contributed by atoms with E-state index in [1.54, 1.807) is 46.2 Å². The third-order valence-electron chi connectivity index (χ3n) is 3.42. The Hall–Kier alpha value is -2.70. The molecule has 1 N–H and O–H groups in total. The molecule has 1 saturated heterocycles. The number of likely N-dealkylation sites (tertiary alicyclic amines) is 1. The molecule has 2 heterocycles. The van der Waals surface area contributed by atoms with Gasteiger partial charge in [-0.1, -0.05) is 5.21 Å². The molecule has 0 radical (unpaired) electrons. The van der Waals surface area contributed by atoms with E-state index in [-0.39, 0.29) is 17.9 Å². The number of rotatable bonds is 3. The van der Waals surface area contributed by atoms with Crippen molar-refractivity contribution in [2.45, 2.75) is 13.0 Å². The monoisotopic (exact) mass is 285 g/mol. The summed E-state index contributed by atoms with van der Waals surface area (Å²) in [5.41, 5.74) is 1.30. The molecule has 1 aliphatic heterocycles. The zero-order valence-electron chi connectivity index (χ0n) is 11.6. The van der Waals surface area contributed by atoms with Gasteiger partial charge in [-0.2, -0.15) is 0 Å². The average Bonchev–Trinajstić information content (AvgIpc) is 2.91. The van der Waals surface area contributed by atoms with Crippen LogP contribution in [0, 0.1) is 0 Å². The largest absolute Gasteiger partial charge is 0.334 e. The van der Waals surface area contributed by atoms with Crippen LogP contribution in [-0.4, -0.2) is 44.8 Å². The maximum Gasteiger partial charge on any atom is 0.254 e. The Morgan fingerprint density at radius 1 is 1.24 bits per heavy atom. The smallest absolute Gasteiger partial charge is 0.254 e. The van der Waals surface area contributed by atoms with Crippen LogP contribution in [-0.2, 0) is 4.79 Å². The molecule has 0 atom stereocenters. The lowest BCUT2D eigenvalue weighted by molar-refractivity contribution is -0.114. The molecule has 7 nitrogen and oxygen atoms in total. The highest BCUT2D eigenvalue weighted by molar-refractivity contribution is 5.96. The van der Waals surface area contributed by atoms with E-state index in [1.807, 2.05) is 0 Å². The summed E-state index contributed by atoms with van der Waals surface area (Å²) in [6.45, 7) is 2.72. The Morgan fingerprint density at radius 2 is 1.95 bits per heavy atom. The van der Waals surface area contributed by atoms with Gasteiger partial charge in [0.15, 0.2) is 0 Å². The lowest BCUT2D eigenvalue weighted by atomic mass is 10.1. The lowest BCUT2D eigenvalue weighted by Crippen LogP contribution is -2.50. The summed E-state index contributed by atoms with van der Waals surface area (Å²) >= 11 is 0. The molecular weight excluding hydrogens is 270 g/mol. The van der Waals surface area contributed by atoms with Crippen LogP contribution < -0.4 is 5.32 Å². The normalized spacial score (nSPS) is 14.6. The van der Waals surface area contributed by atoms with Gasteiger partial charge in [0.05, 0.1) is 12.2 Å². The van der Waals surface area contributed by atoms with Crippen LogP contribution in [0.5, 0.6) is 0 Å². The predicted octanol–water partition coefficient (Wildman–Crippen LogP) is 0.934. The summed E-state index contributed by atoms with van der Waals surface area (Å²) in [7, 11) is 0. The number of carbonyl (C=O) groups excluding carboxylic acids is 2. The first-order chi connectivity index (χ1) is 10.1. The maximum absolute atomic E-state index is 12.3. The van der Waals surface area contributed by atoms with Crippen LogP contribution in [0.4, 0.5) is 5.69 Å². The second kappa shape index (κ2) is 5.35. The van der Waals surface area contributed by atoms with E-state index in [9.17, 15) is 9.59 Å². The third kappa shape index (κ3) is 2.76. The molecule has 0 unspecified atom stereocenters. The molecule has 0 spiro atoms. The quantitative estimate of drug-likeness (QED) is 0.910. The van der Waals surface area contributed by atoms with Gasteiger partial charge < -0.3 is 10.2 Å². The molecule has 0 bridgehead atoms. The van der Waals surface area contributed by atoms with Crippen LogP contribution in [0.25, 0.3) is 0 Å². The van der Waals surface area contributed by atoms with Crippen molar-refractivity contribution in [1.29, 1.82) is 0 Å².